The number of benzene rings is 1. The standard InChI is InChI=1S/C16H14N2O3/c1-18-9-5-8-13(18)16(19)20-11-15-17-10-14(21-15)12-6-3-2-4-7-12/h2-10H,11H2,1H3. The van der Waals surface area contributed by atoms with Gasteiger partial charge in [-0.2, -0.15) is 0 Å². The van der Waals surface area contributed by atoms with E-state index in [9.17, 15) is 4.79 Å². The molecule has 0 aliphatic heterocycles. The zero-order chi connectivity index (χ0) is 14.7. The number of hydrogen-bond acceptors (Lipinski definition) is 4. The van der Waals surface area contributed by atoms with Crippen molar-refractivity contribution in [1.29, 1.82) is 0 Å². The van der Waals surface area contributed by atoms with Crippen LogP contribution in [0.5, 0.6) is 0 Å². The fourth-order valence-electron chi connectivity index (χ4n) is 1.99. The van der Waals surface area contributed by atoms with Crippen LogP contribution in [-0.4, -0.2) is 15.5 Å². The third-order valence-corrected chi connectivity index (χ3v) is 3.09. The summed E-state index contributed by atoms with van der Waals surface area (Å²) in [6.45, 7) is 0.0108. The molecule has 0 unspecified atom stereocenters. The number of hydrogen-bond donors (Lipinski definition) is 0. The van der Waals surface area contributed by atoms with Gasteiger partial charge in [0, 0.05) is 18.8 Å². The minimum atomic E-state index is -0.401. The van der Waals surface area contributed by atoms with Crippen LogP contribution in [0.3, 0.4) is 0 Å². The minimum Gasteiger partial charge on any atom is -0.451 e. The number of carbonyl (C=O) groups excluding carboxylic acids is 1. The van der Waals surface area contributed by atoms with Crippen molar-refractivity contribution in [2.75, 3.05) is 0 Å². The van der Waals surface area contributed by atoms with E-state index in [0.717, 1.165) is 5.56 Å². The van der Waals surface area contributed by atoms with Crippen LogP contribution in [-0.2, 0) is 18.4 Å². The Morgan fingerprint density at radius 3 is 2.76 bits per heavy atom. The highest BCUT2D eigenvalue weighted by molar-refractivity contribution is 5.87. The number of ether oxygens (including phenoxy) is 1. The molecule has 3 aromatic rings. The van der Waals surface area contributed by atoms with Crippen molar-refractivity contribution in [3.63, 3.8) is 0 Å². The third-order valence-electron chi connectivity index (χ3n) is 3.09. The van der Waals surface area contributed by atoms with Crippen molar-refractivity contribution in [3.05, 3.63) is 66.4 Å². The molecule has 21 heavy (non-hydrogen) atoms. The Morgan fingerprint density at radius 1 is 1.24 bits per heavy atom. The molecule has 0 aliphatic rings. The Labute approximate surface area is 121 Å². The van der Waals surface area contributed by atoms with Crippen molar-refractivity contribution >= 4 is 5.97 Å². The summed E-state index contributed by atoms with van der Waals surface area (Å²) in [5, 5.41) is 0. The topological polar surface area (TPSA) is 57.3 Å². The summed E-state index contributed by atoms with van der Waals surface area (Å²) in [6, 6.07) is 13.1. The van der Waals surface area contributed by atoms with Gasteiger partial charge in [-0.3, -0.25) is 0 Å². The number of aryl methyl sites for hydroxylation is 1. The first-order chi connectivity index (χ1) is 10.2. The molecule has 0 amide bonds. The molecule has 106 valence electrons. The third kappa shape index (κ3) is 2.86. The van der Waals surface area contributed by atoms with Crippen LogP contribution < -0.4 is 0 Å². The smallest absolute Gasteiger partial charge is 0.355 e. The molecule has 0 N–H and O–H groups in total. The molecule has 1 aromatic carbocycles. The zero-order valence-corrected chi connectivity index (χ0v) is 11.5. The number of esters is 1. The average Bonchev–Trinajstić information content (AvgIpc) is 3.15. The summed E-state index contributed by atoms with van der Waals surface area (Å²) >= 11 is 0. The van der Waals surface area contributed by atoms with Gasteiger partial charge in [0.25, 0.3) is 0 Å². The average molecular weight is 282 g/mol. The summed E-state index contributed by atoms with van der Waals surface area (Å²) in [5.74, 6) is 0.624. The zero-order valence-electron chi connectivity index (χ0n) is 11.5. The van der Waals surface area contributed by atoms with E-state index in [1.807, 2.05) is 30.3 Å². The molecule has 0 bridgehead atoms. The fraction of sp³-hybridized carbons (Fsp3) is 0.125. The van der Waals surface area contributed by atoms with Gasteiger partial charge >= 0.3 is 5.97 Å². The van der Waals surface area contributed by atoms with Gasteiger partial charge in [0.05, 0.1) is 6.20 Å². The predicted octanol–water partition coefficient (Wildman–Crippen LogP) is 3.04. The molecular weight excluding hydrogens is 268 g/mol. The summed E-state index contributed by atoms with van der Waals surface area (Å²) < 4.78 is 12.5. The van der Waals surface area contributed by atoms with Gasteiger partial charge in [-0.1, -0.05) is 30.3 Å². The van der Waals surface area contributed by atoms with Gasteiger partial charge in [0.2, 0.25) is 5.89 Å². The molecule has 0 fully saturated rings. The highest BCUT2D eigenvalue weighted by Gasteiger charge is 2.13. The van der Waals surface area contributed by atoms with Crippen LogP contribution in [0.15, 0.2) is 59.3 Å². The van der Waals surface area contributed by atoms with Crippen LogP contribution in [0.4, 0.5) is 0 Å². The summed E-state index contributed by atoms with van der Waals surface area (Å²) in [7, 11) is 1.79. The molecule has 3 rings (SSSR count). The molecular formula is C16H14N2O3. The Morgan fingerprint density at radius 2 is 2.05 bits per heavy atom. The van der Waals surface area contributed by atoms with Crippen LogP contribution in [0, 0.1) is 0 Å². The van der Waals surface area contributed by atoms with E-state index < -0.39 is 5.97 Å². The van der Waals surface area contributed by atoms with Gasteiger partial charge < -0.3 is 13.7 Å². The fourth-order valence-corrected chi connectivity index (χ4v) is 1.99. The maximum absolute atomic E-state index is 11.9. The minimum absolute atomic E-state index is 0.0108. The van der Waals surface area contributed by atoms with Crippen molar-refractivity contribution in [2.24, 2.45) is 7.05 Å². The second-order valence-electron chi connectivity index (χ2n) is 4.56. The normalized spacial score (nSPS) is 10.5. The molecule has 0 aliphatic carbocycles. The highest BCUT2D eigenvalue weighted by atomic mass is 16.5. The Balaban J connectivity index is 1.66. The van der Waals surface area contributed by atoms with Crippen molar-refractivity contribution in [1.82, 2.24) is 9.55 Å². The lowest BCUT2D eigenvalue weighted by atomic mass is 10.2. The molecule has 2 aromatic heterocycles. The number of aromatic nitrogens is 2. The van der Waals surface area contributed by atoms with Gasteiger partial charge in [0.1, 0.15) is 5.69 Å². The van der Waals surface area contributed by atoms with E-state index in [4.69, 9.17) is 9.15 Å². The molecule has 0 saturated heterocycles. The van der Waals surface area contributed by atoms with Crippen molar-refractivity contribution in [2.45, 2.75) is 6.61 Å². The van der Waals surface area contributed by atoms with Gasteiger partial charge in [0.15, 0.2) is 12.4 Å². The summed E-state index contributed by atoms with van der Waals surface area (Å²) in [5.41, 5.74) is 1.43. The molecule has 5 heteroatoms. The highest BCUT2D eigenvalue weighted by Crippen LogP contribution is 2.20. The number of nitrogens with zero attached hydrogens (tertiary/aromatic N) is 2. The van der Waals surface area contributed by atoms with E-state index in [0.29, 0.717) is 17.3 Å². The van der Waals surface area contributed by atoms with E-state index in [1.165, 1.54) is 0 Å². The van der Waals surface area contributed by atoms with Gasteiger partial charge in [-0.15, -0.1) is 0 Å². The van der Waals surface area contributed by atoms with E-state index >= 15 is 0 Å². The maximum Gasteiger partial charge on any atom is 0.355 e. The lowest BCUT2D eigenvalue weighted by molar-refractivity contribution is 0.0428. The van der Waals surface area contributed by atoms with Crippen molar-refractivity contribution < 1.29 is 13.9 Å². The van der Waals surface area contributed by atoms with Crippen LogP contribution in [0.25, 0.3) is 11.3 Å². The predicted molar refractivity (Wildman–Crippen MR) is 76.5 cm³/mol. The Hall–Kier alpha value is -2.82. The van der Waals surface area contributed by atoms with E-state index in [2.05, 4.69) is 4.98 Å². The van der Waals surface area contributed by atoms with Crippen molar-refractivity contribution in [3.8, 4) is 11.3 Å². The van der Waals surface area contributed by atoms with Crippen LogP contribution in [0.1, 0.15) is 16.4 Å². The van der Waals surface area contributed by atoms with E-state index in [-0.39, 0.29) is 6.61 Å². The monoisotopic (exact) mass is 282 g/mol. The number of carbonyl (C=O) groups is 1. The molecule has 0 spiro atoms. The SMILES string of the molecule is Cn1cccc1C(=O)OCc1ncc(-c2ccccc2)o1. The maximum atomic E-state index is 11.9. The van der Waals surface area contributed by atoms with Crippen LogP contribution in [0.2, 0.25) is 0 Å². The lowest BCUT2D eigenvalue weighted by Gasteiger charge is -2.03. The second-order valence-corrected chi connectivity index (χ2v) is 4.56. The molecule has 0 atom stereocenters. The largest absolute Gasteiger partial charge is 0.451 e. The Kier molecular flexibility index (Phi) is 3.55. The Bertz CT molecular complexity index is 744. The molecule has 2 heterocycles. The molecule has 0 radical (unpaired) electrons. The number of rotatable bonds is 4. The van der Waals surface area contributed by atoms with E-state index in [1.54, 1.807) is 36.1 Å². The first kappa shape index (κ1) is 13.2. The first-order valence-electron chi connectivity index (χ1n) is 6.52. The summed E-state index contributed by atoms with van der Waals surface area (Å²) in [6.07, 6.45) is 3.41. The quantitative estimate of drug-likeness (QED) is 0.690. The number of oxazole rings is 1. The van der Waals surface area contributed by atoms with Crippen LogP contribution >= 0.6 is 0 Å². The van der Waals surface area contributed by atoms with Gasteiger partial charge in [-0.25, -0.2) is 9.78 Å². The second kappa shape index (κ2) is 5.66. The summed E-state index contributed by atoms with van der Waals surface area (Å²) in [4.78, 5) is 16.0. The first-order valence-corrected chi connectivity index (χ1v) is 6.52. The molecule has 0 saturated carbocycles. The lowest BCUT2D eigenvalue weighted by Crippen LogP contribution is -2.09. The molecule has 5 nitrogen and oxygen atoms in total. The van der Waals surface area contributed by atoms with Gasteiger partial charge in [-0.05, 0) is 12.1 Å².